The summed E-state index contributed by atoms with van der Waals surface area (Å²) in [6.07, 6.45) is -3.94. The van der Waals surface area contributed by atoms with Crippen LogP contribution in [0.2, 0.25) is 0 Å². The first-order valence-electron chi connectivity index (χ1n) is 19.5. The average molecular weight is 879 g/mol. The first kappa shape index (κ1) is 43.6. The minimum atomic E-state index is -4.94. The predicted octanol–water partition coefficient (Wildman–Crippen LogP) is 6.88. The van der Waals surface area contributed by atoms with Crippen LogP contribution in [0.4, 0.5) is 17.6 Å². The van der Waals surface area contributed by atoms with Gasteiger partial charge in [0.25, 0.3) is 5.56 Å². The number of thiophene rings is 1. The minimum absolute atomic E-state index is 0.0110. The lowest BCUT2D eigenvalue weighted by Gasteiger charge is -2.35. The highest BCUT2D eigenvalue weighted by Gasteiger charge is 2.35. The monoisotopic (exact) mass is 878 g/mol. The second-order valence-electron chi connectivity index (χ2n) is 14.1. The number of hydrogen-bond donors (Lipinski definition) is 1. The van der Waals surface area contributed by atoms with E-state index in [9.17, 15) is 35.6 Å². The molecule has 1 N–H and O–H groups in total. The molecule has 7 rings (SSSR count). The third-order valence-electron chi connectivity index (χ3n) is 10.1. The topological polar surface area (TPSA) is 136 Å². The predicted molar refractivity (Wildman–Crippen MR) is 223 cm³/mol. The number of aromatic nitrogens is 3. The van der Waals surface area contributed by atoms with Crippen LogP contribution in [0.5, 0.6) is 5.75 Å². The molecule has 1 amide bonds. The molecule has 0 radical (unpaired) electrons. The number of carbonyl (C=O) groups excluding carboxylic acids is 1. The fourth-order valence-corrected chi connectivity index (χ4v) is 9.50. The molecule has 18 heteroatoms. The van der Waals surface area contributed by atoms with Gasteiger partial charge in [-0.3, -0.25) is 24.0 Å². The summed E-state index contributed by atoms with van der Waals surface area (Å²) in [6.45, 7) is 4.39. The number of morpholine rings is 1. The van der Waals surface area contributed by atoms with Crippen molar-refractivity contribution in [2.24, 2.45) is 0 Å². The molecule has 12 nitrogen and oxygen atoms in total. The van der Waals surface area contributed by atoms with Gasteiger partial charge >= 0.3 is 6.18 Å². The molecule has 1 aliphatic heterocycles. The molecule has 4 heterocycles. The molecule has 0 bridgehead atoms. The smallest absolute Gasteiger partial charge is 0.419 e. The van der Waals surface area contributed by atoms with Gasteiger partial charge in [-0.2, -0.15) is 13.2 Å². The number of rotatable bonds is 16. The van der Waals surface area contributed by atoms with E-state index >= 15 is 0 Å². The number of nitrogens with zero attached hydrogens (tertiary/aromatic N) is 5. The SMILES string of the molecule is CCOc1ccc(-n2c(C(CCNS(=O)(=O)c3ccc(-c4ccccn4)s3)N(CCN3CCOCC3)C(=O)Cc3ccc(C(F)(F)F)c(F)c3)nc3ccccc3c2=O)cc1. The Kier molecular flexibility index (Phi) is 13.6. The molecule has 1 unspecified atom stereocenters. The third-order valence-corrected chi connectivity index (χ3v) is 13.2. The van der Waals surface area contributed by atoms with E-state index in [0.717, 1.165) is 17.4 Å². The van der Waals surface area contributed by atoms with Crippen LogP contribution in [0.1, 0.15) is 36.3 Å². The van der Waals surface area contributed by atoms with Crippen LogP contribution >= 0.6 is 11.3 Å². The van der Waals surface area contributed by atoms with Gasteiger partial charge in [0.15, 0.2) is 0 Å². The van der Waals surface area contributed by atoms with Crippen molar-refractivity contribution in [3.05, 3.63) is 136 Å². The summed E-state index contributed by atoms with van der Waals surface area (Å²) in [7, 11) is -4.11. The van der Waals surface area contributed by atoms with Crippen molar-refractivity contribution < 1.29 is 40.2 Å². The number of benzene rings is 3. The number of nitrogens with one attached hydrogen (secondary N) is 1. The van der Waals surface area contributed by atoms with E-state index in [-0.39, 0.29) is 40.5 Å². The zero-order valence-corrected chi connectivity index (χ0v) is 34.6. The highest BCUT2D eigenvalue weighted by molar-refractivity contribution is 7.91. The van der Waals surface area contributed by atoms with Crippen molar-refractivity contribution in [3.8, 4) is 22.0 Å². The number of halogens is 4. The molecule has 1 fully saturated rings. The molecule has 3 aromatic heterocycles. The van der Waals surface area contributed by atoms with Crippen LogP contribution in [0.3, 0.4) is 0 Å². The van der Waals surface area contributed by atoms with Crippen LogP contribution in [0, 0.1) is 5.82 Å². The molecule has 61 heavy (non-hydrogen) atoms. The molecule has 1 atom stereocenters. The molecular weight excluding hydrogens is 837 g/mol. The highest BCUT2D eigenvalue weighted by atomic mass is 32.2. The van der Waals surface area contributed by atoms with Crippen LogP contribution < -0.4 is 15.0 Å². The van der Waals surface area contributed by atoms with Crippen molar-refractivity contribution in [2.75, 3.05) is 52.5 Å². The Morgan fingerprint density at radius 3 is 2.46 bits per heavy atom. The first-order chi connectivity index (χ1) is 29.3. The maximum absolute atomic E-state index is 14.9. The van der Waals surface area contributed by atoms with Gasteiger partial charge in [0.05, 0.1) is 65.0 Å². The van der Waals surface area contributed by atoms with Gasteiger partial charge in [0.1, 0.15) is 21.6 Å². The summed E-state index contributed by atoms with van der Waals surface area (Å²) in [6, 6.07) is 23.1. The number of amides is 1. The summed E-state index contributed by atoms with van der Waals surface area (Å²) in [5, 5.41) is 0.285. The lowest BCUT2D eigenvalue weighted by molar-refractivity contribution is -0.140. The molecule has 6 aromatic rings. The maximum Gasteiger partial charge on any atom is 0.419 e. The zero-order chi connectivity index (χ0) is 43.1. The molecule has 0 aliphatic carbocycles. The lowest BCUT2D eigenvalue weighted by Crippen LogP contribution is -2.46. The quantitative estimate of drug-likeness (QED) is 0.103. The second kappa shape index (κ2) is 19.0. The van der Waals surface area contributed by atoms with E-state index in [1.54, 1.807) is 79.0 Å². The molecule has 1 saturated heterocycles. The van der Waals surface area contributed by atoms with E-state index < -0.39 is 51.5 Å². The number of ether oxygens (including phenoxy) is 2. The second-order valence-corrected chi connectivity index (χ2v) is 17.2. The van der Waals surface area contributed by atoms with Gasteiger partial charge in [0.2, 0.25) is 15.9 Å². The Bertz CT molecular complexity index is 2640. The van der Waals surface area contributed by atoms with Gasteiger partial charge < -0.3 is 14.4 Å². The molecule has 320 valence electrons. The summed E-state index contributed by atoms with van der Waals surface area (Å²) < 4.78 is 98.1. The fraction of sp³-hybridized carbons (Fsp3) is 0.302. The average Bonchev–Trinajstić information content (AvgIpc) is 3.76. The van der Waals surface area contributed by atoms with Gasteiger partial charge in [-0.25, -0.2) is 22.5 Å². The Hall–Kier alpha value is -5.53. The number of para-hydroxylation sites is 1. The van der Waals surface area contributed by atoms with Crippen LogP contribution in [-0.4, -0.2) is 91.2 Å². The van der Waals surface area contributed by atoms with E-state index in [0.29, 0.717) is 79.1 Å². The van der Waals surface area contributed by atoms with Crippen molar-refractivity contribution in [1.82, 2.24) is 29.1 Å². The number of sulfonamides is 1. The van der Waals surface area contributed by atoms with Crippen molar-refractivity contribution >= 4 is 38.2 Å². The van der Waals surface area contributed by atoms with Crippen LogP contribution in [-0.2, 0) is 32.2 Å². The Labute approximate surface area is 353 Å². The van der Waals surface area contributed by atoms with E-state index in [1.165, 1.54) is 15.5 Å². The number of carbonyl (C=O) groups is 1. The van der Waals surface area contributed by atoms with E-state index in [4.69, 9.17) is 14.5 Å². The Morgan fingerprint density at radius 1 is 1.00 bits per heavy atom. The third kappa shape index (κ3) is 10.3. The summed E-state index contributed by atoms with van der Waals surface area (Å²) in [5.41, 5.74) is -0.620. The van der Waals surface area contributed by atoms with Crippen molar-refractivity contribution in [3.63, 3.8) is 0 Å². The zero-order valence-electron chi connectivity index (χ0n) is 33.0. The van der Waals surface area contributed by atoms with E-state index in [1.807, 2.05) is 6.92 Å². The Balaban J connectivity index is 1.31. The highest BCUT2D eigenvalue weighted by Crippen LogP contribution is 2.33. The Morgan fingerprint density at radius 2 is 1.75 bits per heavy atom. The molecule has 3 aromatic carbocycles. The first-order valence-corrected chi connectivity index (χ1v) is 21.8. The molecular formula is C43H42F4N6O6S2. The normalized spacial score (nSPS) is 14.2. The molecule has 0 spiro atoms. The van der Waals surface area contributed by atoms with Crippen molar-refractivity contribution in [2.45, 2.75) is 36.2 Å². The maximum atomic E-state index is 14.9. The number of alkyl halides is 3. The largest absolute Gasteiger partial charge is 0.494 e. The van der Waals surface area contributed by atoms with Crippen molar-refractivity contribution in [1.29, 1.82) is 0 Å². The van der Waals surface area contributed by atoms with Gasteiger partial charge in [-0.15, -0.1) is 11.3 Å². The lowest BCUT2D eigenvalue weighted by atomic mass is 10.0. The van der Waals surface area contributed by atoms with Crippen LogP contribution in [0.15, 0.2) is 112 Å². The molecule has 0 saturated carbocycles. The fourth-order valence-electron chi connectivity index (χ4n) is 7.12. The number of pyridine rings is 1. The van der Waals surface area contributed by atoms with Gasteiger partial charge in [-0.05, 0) is 91.7 Å². The number of hydrogen-bond acceptors (Lipinski definition) is 10. The molecule has 1 aliphatic rings. The number of fused-ring (bicyclic) bond motifs is 1. The summed E-state index contributed by atoms with van der Waals surface area (Å²) in [4.78, 5) is 42.7. The minimum Gasteiger partial charge on any atom is -0.494 e. The summed E-state index contributed by atoms with van der Waals surface area (Å²) >= 11 is 1.03. The summed E-state index contributed by atoms with van der Waals surface area (Å²) in [5.74, 6) is -1.48. The van der Waals surface area contributed by atoms with Gasteiger partial charge in [-0.1, -0.05) is 24.3 Å². The standard InChI is InChI=1S/C43H42F4N6O6S2/c1-2-59-31-13-11-30(12-14-31)53-41(50-35-8-4-3-7-32(35)42(53)55)37(18-20-49-61(56,57)40-17-16-38(60-40)36-9-5-6-19-48-36)52(22-21-51-23-25-58-26-24-51)39(54)28-29-10-15-33(34(44)27-29)43(45,46)47/h3-17,19,27,37,49H,2,18,20-26,28H2,1H3. The van der Waals surface area contributed by atoms with Gasteiger partial charge in [0, 0.05) is 38.9 Å². The van der Waals surface area contributed by atoms with E-state index in [2.05, 4.69) is 14.6 Å². The van der Waals surface area contributed by atoms with Crippen LogP contribution in [0.25, 0.3) is 27.2 Å².